The minimum absolute atomic E-state index is 0.0728. The zero-order valence-corrected chi connectivity index (χ0v) is 15.3. The van der Waals surface area contributed by atoms with Gasteiger partial charge in [-0.25, -0.2) is 4.98 Å². The zero-order valence-electron chi connectivity index (χ0n) is 15.3. The van der Waals surface area contributed by atoms with Crippen molar-refractivity contribution in [3.8, 4) is 0 Å². The van der Waals surface area contributed by atoms with Crippen LogP contribution in [0.25, 0.3) is 0 Å². The maximum absolute atomic E-state index is 12.7. The van der Waals surface area contributed by atoms with E-state index in [1.807, 2.05) is 18.1 Å². The van der Waals surface area contributed by atoms with E-state index in [1.54, 1.807) is 24.1 Å². The van der Waals surface area contributed by atoms with E-state index in [0.29, 0.717) is 18.2 Å². The molecule has 0 N–H and O–H groups in total. The fourth-order valence-corrected chi connectivity index (χ4v) is 3.58. The number of hydrogen-bond donors (Lipinski definition) is 0. The molecule has 0 bridgehead atoms. The molecule has 1 fully saturated rings. The van der Waals surface area contributed by atoms with E-state index in [2.05, 4.69) is 21.6 Å². The molecule has 1 saturated heterocycles. The first-order valence-electron chi connectivity index (χ1n) is 8.87. The maximum Gasteiger partial charge on any atom is 0.272 e. The van der Waals surface area contributed by atoms with Crippen LogP contribution in [0.4, 0.5) is 0 Å². The van der Waals surface area contributed by atoms with E-state index in [1.165, 1.54) is 0 Å². The van der Waals surface area contributed by atoms with Gasteiger partial charge in [0.15, 0.2) is 0 Å². The highest BCUT2D eigenvalue weighted by Gasteiger charge is 2.27. The smallest absolute Gasteiger partial charge is 0.272 e. The number of ether oxygens (including phenoxy) is 1. The van der Waals surface area contributed by atoms with Gasteiger partial charge in [0.05, 0.1) is 6.61 Å². The van der Waals surface area contributed by atoms with Crippen molar-refractivity contribution in [1.82, 2.24) is 24.2 Å². The molecule has 136 valence electrons. The summed E-state index contributed by atoms with van der Waals surface area (Å²) < 4.78 is 9.08. The summed E-state index contributed by atoms with van der Waals surface area (Å²) in [5, 5.41) is 4.11. The number of aromatic nitrogens is 4. The predicted octanol–water partition coefficient (Wildman–Crippen LogP) is 1.67. The van der Waals surface area contributed by atoms with Crippen molar-refractivity contribution >= 4 is 5.91 Å². The van der Waals surface area contributed by atoms with Crippen LogP contribution in [-0.4, -0.2) is 56.9 Å². The largest absolute Gasteiger partial charge is 0.383 e. The summed E-state index contributed by atoms with van der Waals surface area (Å²) in [5.41, 5.74) is 1.81. The fourth-order valence-electron chi connectivity index (χ4n) is 3.58. The van der Waals surface area contributed by atoms with Gasteiger partial charge in [-0.1, -0.05) is 0 Å². The predicted molar refractivity (Wildman–Crippen MR) is 94.4 cm³/mol. The van der Waals surface area contributed by atoms with E-state index in [4.69, 9.17) is 4.74 Å². The Kier molecular flexibility index (Phi) is 5.53. The molecule has 25 heavy (non-hydrogen) atoms. The Morgan fingerprint density at radius 3 is 3.00 bits per heavy atom. The van der Waals surface area contributed by atoms with Crippen molar-refractivity contribution in [2.24, 2.45) is 13.0 Å². The molecule has 0 spiro atoms. The fraction of sp³-hybridized carbons (Fsp3) is 0.611. The van der Waals surface area contributed by atoms with Gasteiger partial charge in [0.2, 0.25) is 0 Å². The third-order valence-corrected chi connectivity index (χ3v) is 4.97. The Labute approximate surface area is 148 Å². The average molecular weight is 345 g/mol. The van der Waals surface area contributed by atoms with Crippen LogP contribution in [0.2, 0.25) is 0 Å². The Morgan fingerprint density at radius 1 is 1.44 bits per heavy atom. The monoisotopic (exact) mass is 345 g/mol. The van der Waals surface area contributed by atoms with Crippen LogP contribution in [-0.2, 0) is 24.8 Å². The zero-order chi connectivity index (χ0) is 17.8. The van der Waals surface area contributed by atoms with E-state index in [9.17, 15) is 4.79 Å². The maximum atomic E-state index is 12.7. The second-order valence-electron chi connectivity index (χ2n) is 6.76. The second-order valence-corrected chi connectivity index (χ2v) is 6.76. The minimum atomic E-state index is 0.0728. The lowest BCUT2D eigenvalue weighted by molar-refractivity contribution is 0.0660. The van der Waals surface area contributed by atoms with Gasteiger partial charge in [-0.15, -0.1) is 0 Å². The Bertz CT molecular complexity index is 721. The number of piperidine rings is 1. The molecule has 1 aliphatic rings. The molecular formula is C18H27N5O2. The molecule has 3 heterocycles. The molecule has 1 aliphatic heterocycles. The number of amides is 1. The highest BCUT2D eigenvalue weighted by Crippen LogP contribution is 2.22. The van der Waals surface area contributed by atoms with E-state index >= 15 is 0 Å². The van der Waals surface area contributed by atoms with Crippen LogP contribution in [0.3, 0.4) is 0 Å². The number of nitrogens with zero attached hydrogens (tertiary/aromatic N) is 5. The van der Waals surface area contributed by atoms with Crippen LogP contribution in [0, 0.1) is 12.8 Å². The third-order valence-electron chi connectivity index (χ3n) is 4.97. The van der Waals surface area contributed by atoms with Crippen LogP contribution in [0.5, 0.6) is 0 Å². The number of imidazole rings is 1. The van der Waals surface area contributed by atoms with Crippen molar-refractivity contribution in [2.45, 2.75) is 32.7 Å². The molecule has 2 aromatic rings. The Balaban J connectivity index is 1.66. The minimum Gasteiger partial charge on any atom is -0.383 e. The summed E-state index contributed by atoms with van der Waals surface area (Å²) in [4.78, 5) is 19.3. The Morgan fingerprint density at radius 2 is 2.28 bits per heavy atom. The van der Waals surface area contributed by atoms with Gasteiger partial charge in [-0.2, -0.15) is 5.10 Å². The normalized spacial score (nSPS) is 17.9. The van der Waals surface area contributed by atoms with Gasteiger partial charge in [0.25, 0.3) is 5.91 Å². The molecule has 1 atom stereocenters. The van der Waals surface area contributed by atoms with Crippen LogP contribution < -0.4 is 0 Å². The summed E-state index contributed by atoms with van der Waals surface area (Å²) in [6.07, 6.45) is 6.65. The summed E-state index contributed by atoms with van der Waals surface area (Å²) in [7, 11) is 3.53. The lowest BCUT2D eigenvalue weighted by Gasteiger charge is -2.32. The Hall–Kier alpha value is -2.15. The van der Waals surface area contributed by atoms with Crippen LogP contribution >= 0.6 is 0 Å². The molecule has 1 unspecified atom stereocenters. The first kappa shape index (κ1) is 17.7. The van der Waals surface area contributed by atoms with Gasteiger partial charge >= 0.3 is 0 Å². The molecule has 3 rings (SSSR count). The van der Waals surface area contributed by atoms with Gasteiger partial charge in [0, 0.05) is 58.3 Å². The van der Waals surface area contributed by atoms with Crippen LogP contribution in [0.1, 0.15) is 34.8 Å². The molecule has 0 radical (unpaired) electrons. The second kappa shape index (κ2) is 7.82. The number of hydrogen-bond acceptors (Lipinski definition) is 4. The van der Waals surface area contributed by atoms with Crippen molar-refractivity contribution < 1.29 is 9.53 Å². The quantitative estimate of drug-likeness (QED) is 0.799. The van der Waals surface area contributed by atoms with Crippen molar-refractivity contribution in [2.75, 3.05) is 26.8 Å². The first-order chi connectivity index (χ1) is 12.1. The van der Waals surface area contributed by atoms with Gasteiger partial charge in [-0.3, -0.25) is 9.48 Å². The molecule has 0 aromatic carbocycles. The third kappa shape index (κ3) is 3.92. The van der Waals surface area contributed by atoms with Crippen molar-refractivity contribution in [1.29, 1.82) is 0 Å². The number of likely N-dealkylation sites (tertiary alicyclic amines) is 1. The van der Waals surface area contributed by atoms with E-state index in [0.717, 1.165) is 50.4 Å². The van der Waals surface area contributed by atoms with E-state index < -0.39 is 0 Å². The topological polar surface area (TPSA) is 65.2 Å². The molecular weight excluding hydrogens is 318 g/mol. The number of methoxy groups -OCH3 is 1. The summed E-state index contributed by atoms with van der Waals surface area (Å²) in [5.74, 6) is 1.60. The molecule has 0 aliphatic carbocycles. The van der Waals surface area contributed by atoms with Gasteiger partial charge in [-0.05, 0) is 31.7 Å². The summed E-state index contributed by atoms with van der Waals surface area (Å²) in [6.45, 7) is 5.17. The number of carbonyl (C=O) groups is 1. The molecule has 2 aromatic heterocycles. The van der Waals surface area contributed by atoms with Crippen molar-refractivity contribution in [3.63, 3.8) is 0 Å². The van der Waals surface area contributed by atoms with Gasteiger partial charge in [0.1, 0.15) is 11.5 Å². The SMILES string of the molecule is COCCn1c(C)cnc1CC1CCCN(C(=O)c2ccnn2C)C1. The lowest BCUT2D eigenvalue weighted by atomic mass is 9.94. The van der Waals surface area contributed by atoms with Crippen LogP contribution in [0.15, 0.2) is 18.5 Å². The number of aryl methyl sites for hydroxylation is 2. The van der Waals surface area contributed by atoms with E-state index in [-0.39, 0.29) is 5.91 Å². The number of carbonyl (C=O) groups excluding carboxylic acids is 1. The summed E-state index contributed by atoms with van der Waals surface area (Å²) in [6, 6.07) is 1.78. The lowest BCUT2D eigenvalue weighted by Crippen LogP contribution is -2.41. The van der Waals surface area contributed by atoms with Crippen molar-refractivity contribution in [3.05, 3.63) is 35.7 Å². The number of rotatable bonds is 6. The first-order valence-corrected chi connectivity index (χ1v) is 8.87. The highest BCUT2D eigenvalue weighted by atomic mass is 16.5. The molecule has 1 amide bonds. The van der Waals surface area contributed by atoms with Gasteiger partial charge < -0.3 is 14.2 Å². The summed E-state index contributed by atoms with van der Waals surface area (Å²) >= 11 is 0. The highest BCUT2D eigenvalue weighted by molar-refractivity contribution is 5.92. The molecule has 7 nitrogen and oxygen atoms in total. The molecule has 7 heteroatoms. The average Bonchev–Trinajstić information content (AvgIpc) is 3.19. The standard InChI is InChI=1S/C18H27N5O2/c1-14-12-19-17(23(14)9-10-25-3)11-15-5-4-8-22(13-15)18(24)16-6-7-20-21(16)2/h6-7,12,15H,4-5,8-11,13H2,1-3H3. The molecule has 0 saturated carbocycles.